The van der Waals surface area contributed by atoms with Crippen molar-refractivity contribution in [1.29, 1.82) is 0 Å². The van der Waals surface area contributed by atoms with Crippen molar-refractivity contribution in [2.45, 2.75) is 32.6 Å². The molecule has 1 N–H and O–H groups in total. The molecular formula is C19H23N5O. The number of fused-ring (bicyclic) bond motifs is 1. The van der Waals surface area contributed by atoms with E-state index in [4.69, 9.17) is 4.98 Å². The molecule has 4 rings (SSSR count). The topological polar surface area (TPSA) is 66.8 Å². The van der Waals surface area contributed by atoms with Gasteiger partial charge in [-0.15, -0.1) is 0 Å². The Bertz CT molecular complexity index is 939. The van der Waals surface area contributed by atoms with Crippen molar-refractivity contribution in [1.82, 2.24) is 24.6 Å². The van der Waals surface area contributed by atoms with Crippen LogP contribution in [0.4, 0.5) is 0 Å². The molecule has 2 aromatic heterocycles. The fraction of sp³-hybridized carbons (Fsp3) is 0.421. The van der Waals surface area contributed by atoms with Gasteiger partial charge in [0.05, 0.1) is 16.7 Å². The van der Waals surface area contributed by atoms with Crippen LogP contribution in [-0.4, -0.2) is 43.6 Å². The standard InChI is InChI=1S/C19H23N5O/c1-12-6-4-8-15-17(12)21-18(20-15)14-7-5-9-24(11-14)19(25)16-10-13(2)22-23(16)3/h4,6,8,10,14H,5,7,9,11H2,1-3H3,(H,20,21). The molecule has 3 heterocycles. The van der Waals surface area contributed by atoms with E-state index in [1.807, 2.05) is 31.0 Å². The van der Waals surface area contributed by atoms with Crippen LogP contribution in [0.1, 0.15) is 46.3 Å². The summed E-state index contributed by atoms with van der Waals surface area (Å²) in [4.78, 5) is 23.1. The number of amides is 1. The molecule has 0 spiro atoms. The first-order valence-electron chi connectivity index (χ1n) is 8.78. The van der Waals surface area contributed by atoms with E-state index < -0.39 is 0 Å². The van der Waals surface area contributed by atoms with Crippen LogP contribution in [0.25, 0.3) is 11.0 Å². The Morgan fingerprint density at radius 3 is 2.88 bits per heavy atom. The highest BCUT2D eigenvalue weighted by Crippen LogP contribution is 2.28. The van der Waals surface area contributed by atoms with E-state index >= 15 is 0 Å². The minimum Gasteiger partial charge on any atom is -0.342 e. The molecule has 1 saturated heterocycles. The van der Waals surface area contributed by atoms with Crippen LogP contribution >= 0.6 is 0 Å². The molecule has 6 heteroatoms. The van der Waals surface area contributed by atoms with E-state index in [9.17, 15) is 4.79 Å². The van der Waals surface area contributed by atoms with Crippen molar-refractivity contribution in [3.63, 3.8) is 0 Å². The molecule has 1 amide bonds. The Labute approximate surface area is 146 Å². The number of carbonyl (C=O) groups excluding carboxylic acids is 1. The molecular weight excluding hydrogens is 314 g/mol. The normalized spacial score (nSPS) is 18.0. The maximum absolute atomic E-state index is 12.9. The van der Waals surface area contributed by atoms with Crippen LogP contribution in [-0.2, 0) is 7.05 Å². The second-order valence-electron chi connectivity index (χ2n) is 6.98. The summed E-state index contributed by atoms with van der Waals surface area (Å²) in [6, 6.07) is 8.04. The highest BCUT2D eigenvalue weighted by Gasteiger charge is 2.28. The number of hydrogen-bond acceptors (Lipinski definition) is 3. The van der Waals surface area contributed by atoms with Crippen LogP contribution in [0, 0.1) is 13.8 Å². The molecule has 1 aliphatic rings. The summed E-state index contributed by atoms with van der Waals surface area (Å²) in [6.45, 7) is 5.47. The lowest BCUT2D eigenvalue weighted by atomic mass is 9.97. The van der Waals surface area contributed by atoms with Gasteiger partial charge in [0, 0.05) is 26.1 Å². The number of aromatic amines is 1. The van der Waals surface area contributed by atoms with Crippen LogP contribution in [0.15, 0.2) is 24.3 Å². The van der Waals surface area contributed by atoms with Crippen LogP contribution in [0.5, 0.6) is 0 Å². The van der Waals surface area contributed by atoms with Crippen LogP contribution < -0.4 is 0 Å². The second kappa shape index (κ2) is 6.02. The Morgan fingerprint density at radius 2 is 2.16 bits per heavy atom. The van der Waals surface area contributed by atoms with Crippen LogP contribution in [0.2, 0.25) is 0 Å². The number of piperidine rings is 1. The van der Waals surface area contributed by atoms with Gasteiger partial charge in [-0.2, -0.15) is 5.10 Å². The van der Waals surface area contributed by atoms with Gasteiger partial charge in [-0.1, -0.05) is 12.1 Å². The molecule has 0 radical (unpaired) electrons. The summed E-state index contributed by atoms with van der Waals surface area (Å²) in [5.74, 6) is 1.29. The first-order valence-corrected chi connectivity index (χ1v) is 8.78. The Balaban J connectivity index is 1.59. The molecule has 0 saturated carbocycles. The monoisotopic (exact) mass is 337 g/mol. The van der Waals surface area contributed by atoms with Gasteiger partial charge in [-0.25, -0.2) is 4.98 Å². The lowest BCUT2D eigenvalue weighted by molar-refractivity contribution is 0.0693. The fourth-order valence-electron chi connectivity index (χ4n) is 3.75. The largest absolute Gasteiger partial charge is 0.342 e. The van der Waals surface area contributed by atoms with E-state index in [2.05, 4.69) is 29.1 Å². The maximum Gasteiger partial charge on any atom is 0.272 e. The van der Waals surface area contributed by atoms with E-state index in [1.165, 1.54) is 5.56 Å². The highest BCUT2D eigenvalue weighted by atomic mass is 16.2. The lowest BCUT2D eigenvalue weighted by Crippen LogP contribution is -2.40. The Hall–Kier alpha value is -2.63. The SMILES string of the molecule is Cc1cc(C(=O)N2CCCC(c3nc4c(C)cccc4[nH]3)C2)n(C)n1. The van der Waals surface area contributed by atoms with E-state index in [-0.39, 0.29) is 11.8 Å². The summed E-state index contributed by atoms with van der Waals surface area (Å²) in [6.07, 6.45) is 2.04. The number of hydrogen-bond donors (Lipinski definition) is 1. The summed E-state index contributed by atoms with van der Waals surface area (Å²) in [5, 5.41) is 4.29. The van der Waals surface area contributed by atoms with E-state index in [1.54, 1.807) is 4.68 Å². The summed E-state index contributed by atoms with van der Waals surface area (Å²) < 4.78 is 1.67. The highest BCUT2D eigenvalue weighted by molar-refractivity contribution is 5.92. The number of aromatic nitrogens is 4. The third kappa shape index (κ3) is 2.81. The van der Waals surface area contributed by atoms with Crippen LogP contribution in [0.3, 0.4) is 0 Å². The quantitative estimate of drug-likeness (QED) is 0.782. The van der Waals surface area contributed by atoms with E-state index in [0.29, 0.717) is 12.2 Å². The Kier molecular flexibility index (Phi) is 3.82. The van der Waals surface area contributed by atoms with Gasteiger partial charge in [0.15, 0.2) is 0 Å². The average Bonchev–Trinajstić information content (AvgIpc) is 3.18. The lowest BCUT2D eigenvalue weighted by Gasteiger charge is -2.31. The number of para-hydroxylation sites is 1. The number of nitrogens with zero attached hydrogens (tertiary/aromatic N) is 4. The summed E-state index contributed by atoms with van der Waals surface area (Å²) >= 11 is 0. The summed E-state index contributed by atoms with van der Waals surface area (Å²) in [7, 11) is 1.82. The Morgan fingerprint density at radius 1 is 1.32 bits per heavy atom. The fourth-order valence-corrected chi connectivity index (χ4v) is 3.75. The molecule has 0 bridgehead atoms. The number of rotatable bonds is 2. The molecule has 1 fully saturated rings. The zero-order valence-corrected chi connectivity index (χ0v) is 14.9. The average molecular weight is 337 g/mol. The number of nitrogens with one attached hydrogen (secondary N) is 1. The number of H-pyrrole nitrogens is 1. The van der Waals surface area contributed by atoms with Gasteiger partial charge in [0.25, 0.3) is 5.91 Å². The van der Waals surface area contributed by atoms with Gasteiger partial charge < -0.3 is 9.88 Å². The van der Waals surface area contributed by atoms with Crippen molar-refractivity contribution in [3.8, 4) is 0 Å². The second-order valence-corrected chi connectivity index (χ2v) is 6.98. The summed E-state index contributed by atoms with van der Waals surface area (Å²) in [5.41, 5.74) is 4.80. The molecule has 1 atom stereocenters. The molecule has 25 heavy (non-hydrogen) atoms. The van der Waals surface area contributed by atoms with Crippen molar-refractivity contribution in [3.05, 3.63) is 47.0 Å². The van der Waals surface area contributed by atoms with Gasteiger partial charge in [0.2, 0.25) is 0 Å². The first-order chi connectivity index (χ1) is 12.0. The predicted molar refractivity (Wildman–Crippen MR) is 96.7 cm³/mol. The maximum atomic E-state index is 12.9. The number of carbonyl (C=O) groups is 1. The van der Waals surface area contributed by atoms with Gasteiger partial charge in [-0.05, 0) is 44.4 Å². The minimum atomic E-state index is 0.0556. The third-order valence-corrected chi connectivity index (χ3v) is 5.05. The van der Waals surface area contributed by atoms with E-state index in [0.717, 1.165) is 41.9 Å². The molecule has 130 valence electrons. The number of aryl methyl sites for hydroxylation is 3. The van der Waals surface area contributed by atoms with Gasteiger partial charge in [-0.3, -0.25) is 9.48 Å². The number of imidazole rings is 1. The van der Waals surface area contributed by atoms with Crippen molar-refractivity contribution >= 4 is 16.9 Å². The predicted octanol–water partition coefficient (Wildman–Crippen LogP) is 2.93. The number of benzene rings is 1. The number of likely N-dealkylation sites (tertiary alicyclic amines) is 1. The zero-order chi connectivity index (χ0) is 17.6. The van der Waals surface area contributed by atoms with Crippen molar-refractivity contribution < 1.29 is 4.79 Å². The zero-order valence-electron chi connectivity index (χ0n) is 14.9. The molecule has 1 unspecified atom stereocenters. The molecule has 3 aromatic rings. The third-order valence-electron chi connectivity index (χ3n) is 5.05. The minimum absolute atomic E-state index is 0.0556. The first kappa shape index (κ1) is 15.9. The molecule has 6 nitrogen and oxygen atoms in total. The van der Waals surface area contributed by atoms with Gasteiger partial charge in [0.1, 0.15) is 11.5 Å². The molecule has 1 aliphatic heterocycles. The molecule has 1 aromatic carbocycles. The smallest absolute Gasteiger partial charge is 0.272 e. The van der Waals surface area contributed by atoms with Crippen molar-refractivity contribution in [2.24, 2.45) is 7.05 Å². The molecule has 0 aliphatic carbocycles. The van der Waals surface area contributed by atoms with Crippen molar-refractivity contribution in [2.75, 3.05) is 13.1 Å². The van der Waals surface area contributed by atoms with Gasteiger partial charge >= 0.3 is 0 Å².